The van der Waals surface area contributed by atoms with Crippen molar-refractivity contribution >= 4 is 28.6 Å². The van der Waals surface area contributed by atoms with Crippen LogP contribution in [0, 0.1) is 0 Å². The first kappa shape index (κ1) is 12.8. The summed E-state index contributed by atoms with van der Waals surface area (Å²) in [6.45, 7) is 3.73. The van der Waals surface area contributed by atoms with Gasteiger partial charge in [0.25, 0.3) is 0 Å². The molecule has 0 fully saturated rings. The molecule has 0 aromatic heterocycles. The molecule has 1 aromatic carbocycles. The molecule has 1 aromatic rings. The van der Waals surface area contributed by atoms with Crippen molar-refractivity contribution in [2.45, 2.75) is 24.6 Å². The quantitative estimate of drug-likeness (QED) is 0.576. The van der Waals surface area contributed by atoms with Gasteiger partial charge in [0.15, 0.2) is 11.4 Å². The Morgan fingerprint density at radius 3 is 2.67 bits per heavy atom. The van der Waals surface area contributed by atoms with Crippen LogP contribution < -0.4 is 10.3 Å². The molecule has 0 spiro atoms. The maximum absolute atomic E-state index is 11.1. The zero-order chi connectivity index (χ0) is 13.3. The molecule has 5 nitrogen and oxygen atoms in total. The zero-order valence-corrected chi connectivity index (χ0v) is 10.9. The van der Waals surface area contributed by atoms with Gasteiger partial charge >= 0.3 is 11.1 Å². The number of carboxylic acid groups (broad SMARTS) is 1. The number of thioether (sulfide) groups is 1. The van der Waals surface area contributed by atoms with E-state index in [1.54, 1.807) is 24.3 Å². The summed E-state index contributed by atoms with van der Waals surface area (Å²) >= 11 is 1.41. The summed E-state index contributed by atoms with van der Waals surface area (Å²) in [7, 11) is 0. The smallest absolute Gasteiger partial charge is 0.350 e. The minimum absolute atomic E-state index is 0.129. The summed E-state index contributed by atoms with van der Waals surface area (Å²) in [5.41, 5.74) is 0.550. The van der Waals surface area contributed by atoms with Crippen LogP contribution in [0.1, 0.15) is 13.8 Å². The van der Waals surface area contributed by atoms with Crippen LogP contribution in [0.15, 0.2) is 24.3 Å². The first-order valence-corrected chi connectivity index (χ1v) is 6.32. The van der Waals surface area contributed by atoms with Gasteiger partial charge in [0, 0.05) is 0 Å². The lowest BCUT2D eigenvalue weighted by Gasteiger charge is -2.17. The van der Waals surface area contributed by atoms with E-state index in [4.69, 9.17) is 5.11 Å². The van der Waals surface area contributed by atoms with Crippen molar-refractivity contribution in [3.8, 4) is 5.75 Å². The number of para-hydroxylation sites is 2. The third-order valence-electron chi connectivity index (χ3n) is 2.73. The van der Waals surface area contributed by atoms with Crippen molar-refractivity contribution in [1.82, 2.24) is 0 Å². The lowest BCUT2D eigenvalue weighted by atomic mass is 10.0. The minimum atomic E-state index is -0.887. The molecule has 0 saturated heterocycles. The molecule has 1 aliphatic heterocycles. The number of hydrogen-bond acceptors (Lipinski definition) is 4. The fourth-order valence-corrected chi connectivity index (χ4v) is 2.92. The Balaban J connectivity index is 2.20. The van der Waals surface area contributed by atoms with E-state index in [9.17, 15) is 9.90 Å². The van der Waals surface area contributed by atoms with E-state index in [1.807, 2.05) is 13.8 Å². The predicted molar refractivity (Wildman–Crippen MR) is 70.8 cm³/mol. The third-order valence-corrected chi connectivity index (χ3v) is 3.92. The molecule has 96 valence electrons. The monoisotopic (exact) mass is 267 g/mol. The number of carbonyl (C=O) groups is 1. The average Bonchev–Trinajstić information content (AvgIpc) is 2.57. The van der Waals surface area contributed by atoms with E-state index in [0.717, 1.165) is 0 Å². The molecular weight excluding hydrogens is 252 g/mol. The number of carboxylic acids is 1. The van der Waals surface area contributed by atoms with Crippen molar-refractivity contribution in [3.63, 3.8) is 0 Å². The Bertz CT molecular complexity index is 514. The van der Waals surface area contributed by atoms with E-state index in [2.05, 4.69) is 10.3 Å². The fourth-order valence-electron chi connectivity index (χ4n) is 1.78. The van der Waals surface area contributed by atoms with Crippen molar-refractivity contribution in [2.24, 2.45) is 0 Å². The molecule has 1 heterocycles. The molecule has 0 saturated carbocycles. The summed E-state index contributed by atoms with van der Waals surface area (Å²) in [6, 6.07) is 6.16. The zero-order valence-electron chi connectivity index (χ0n) is 10.1. The second kappa shape index (κ2) is 4.53. The Morgan fingerprint density at radius 1 is 1.44 bits per heavy atom. The maximum Gasteiger partial charge on any atom is 0.350 e. The number of phenols is 1. The second-order valence-electron chi connectivity index (χ2n) is 4.59. The van der Waals surface area contributed by atoms with Crippen LogP contribution in [0.5, 0.6) is 5.75 Å². The van der Waals surface area contributed by atoms with E-state index in [1.165, 1.54) is 11.8 Å². The van der Waals surface area contributed by atoms with Crippen LogP contribution >= 0.6 is 11.8 Å². The van der Waals surface area contributed by atoms with Crippen LogP contribution in [0.3, 0.4) is 0 Å². The molecule has 18 heavy (non-hydrogen) atoms. The number of hydrogen-bond donors (Lipinski definition) is 4. The van der Waals surface area contributed by atoms with Crippen LogP contribution in [-0.4, -0.2) is 32.1 Å². The number of aromatic hydroxyl groups is 1. The molecule has 0 unspecified atom stereocenters. The Kier molecular flexibility index (Phi) is 3.21. The predicted octanol–water partition coefficient (Wildman–Crippen LogP) is 0.219. The number of nitrogens with one attached hydrogen (secondary N) is 2. The number of benzene rings is 1. The van der Waals surface area contributed by atoms with E-state index in [0.29, 0.717) is 10.9 Å². The Labute approximate surface area is 109 Å². The standard InChI is InChI=1S/C12H14N2O3S/c1-12(2)9(10(16)17)14-11(18-12)13-7-5-3-4-6-8(7)15/h3-6,9,15H,1-2H3,(H,13,14)(H,16,17)/p+1/t9-/m1/s1. The van der Waals surface area contributed by atoms with Crippen LogP contribution in [-0.2, 0) is 4.79 Å². The largest absolute Gasteiger partial charge is 0.504 e. The topological polar surface area (TPSA) is 83.5 Å². The number of anilines is 1. The molecule has 4 N–H and O–H groups in total. The summed E-state index contributed by atoms with van der Waals surface area (Å²) < 4.78 is -0.446. The lowest BCUT2D eigenvalue weighted by Crippen LogP contribution is -2.82. The summed E-state index contributed by atoms with van der Waals surface area (Å²) in [5.74, 6) is -0.759. The molecule has 1 atom stereocenters. The highest BCUT2D eigenvalue weighted by Gasteiger charge is 2.46. The Hall–Kier alpha value is -1.69. The molecule has 0 radical (unpaired) electrons. The van der Waals surface area contributed by atoms with Crippen LogP contribution in [0.2, 0.25) is 0 Å². The molecule has 6 heteroatoms. The number of phenolic OH excluding ortho intramolecular Hbond substituents is 1. The van der Waals surface area contributed by atoms with Gasteiger partial charge in [-0.1, -0.05) is 12.1 Å². The molecule has 2 rings (SSSR count). The maximum atomic E-state index is 11.1. The first-order valence-electron chi connectivity index (χ1n) is 5.50. The highest BCUT2D eigenvalue weighted by Crippen LogP contribution is 2.31. The van der Waals surface area contributed by atoms with Gasteiger partial charge in [-0.2, -0.15) is 0 Å². The van der Waals surface area contributed by atoms with E-state index < -0.39 is 16.8 Å². The van der Waals surface area contributed by atoms with Gasteiger partial charge in [0.2, 0.25) is 6.04 Å². The summed E-state index contributed by atoms with van der Waals surface area (Å²) in [4.78, 5) is 14.0. The van der Waals surface area contributed by atoms with Crippen LogP contribution in [0.4, 0.5) is 5.69 Å². The third kappa shape index (κ3) is 2.43. The van der Waals surface area contributed by atoms with Crippen LogP contribution in [0.25, 0.3) is 0 Å². The minimum Gasteiger partial charge on any atom is -0.504 e. The van der Waals surface area contributed by atoms with E-state index in [-0.39, 0.29) is 5.75 Å². The Morgan fingerprint density at radius 2 is 2.11 bits per heavy atom. The first-order chi connectivity index (χ1) is 8.40. The SMILES string of the molecule is CC1(C)SC(Nc2ccccc2O)=[NH+][C@@H]1C(=O)O. The lowest BCUT2D eigenvalue weighted by molar-refractivity contribution is -0.487. The second-order valence-corrected chi connectivity index (χ2v) is 6.26. The summed E-state index contributed by atoms with van der Waals surface area (Å²) in [5, 5.41) is 22.4. The van der Waals surface area contributed by atoms with Gasteiger partial charge in [0.05, 0.1) is 4.75 Å². The average molecular weight is 267 g/mol. The van der Waals surface area contributed by atoms with Gasteiger partial charge < -0.3 is 10.2 Å². The summed E-state index contributed by atoms with van der Waals surface area (Å²) in [6.07, 6.45) is 0. The normalized spacial score (nSPS) is 21.4. The molecule has 0 bridgehead atoms. The highest BCUT2D eigenvalue weighted by molar-refractivity contribution is 8.15. The van der Waals surface area contributed by atoms with Crippen molar-refractivity contribution in [2.75, 3.05) is 5.32 Å². The van der Waals surface area contributed by atoms with Gasteiger partial charge in [-0.25, -0.2) is 10.1 Å². The van der Waals surface area contributed by atoms with Crippen molar-refractivity contribution < 1.29 is 20.0 Å². The van der Waals surface area contributed by atoms with Gasteiger partial charge in [0.1, 0.15) is 0 Å². The highest BCUT2D eigenvalue weighted by atomic mass is 32.2. The van der Waals surface area contributed by atoms with Gasteiger partial charge in [-0.3, -0.25) is 4.99 Å². The van der Waals surface area contributed by atoms with Gasteiger partial charge in [-0.15, -0.1) is 0 Å². The molecule has 0 amide bonds. The fraction of sp³-hybridized carbons (Fsp3) is 0.333. The number of rotatable bonds is 2. The van der Waals surface area contributed by atoms with Gasteiger partial charge in [-0.05, 0) is 37.7 Å². The molecule has 1 aliphatic rings. The molecular formula is C12H15N2O3S+. The van der Waals surface area contributed by atoms with Crippen molar-refractivity contribution in [3.05, 3.63) is 24.3 Å². The number of aliphatic carboxylic acids is 1. The van der Waals surface area contributed by atoms with E-state index >= 15 is 0 Å². The number of amidine groups is 1. The molecule has 0 aliphatic carbocycles. The van der Waals surface area contributed by atoms with Crippen molar-refractivity contribution in [1.29, 1.82) is 0 Å².